The summed E-state index contributed by atoms with van der Waals surface area (Å²) in [4.78, 5) is 14.8. The van der Waals surface area contributed by atoms with Crippen LogP contribution in [0.3, 0.4) is 0 Å². The number of carbonyl (C=O) groups is 1. The van der Waals surface area contributed by atoms with E-state index < -0.39 is 16.0 Å². The summed E-state index contributed by atoms with van der Waals surface area (Å²) in [5, 5.41) is 0.650. The van der Waals surface area contributed by atoms with Gasteiger partial charge in [0.25, 0.3) is 10.0 Å². The van der Waals surface area contributed by atoms with Crippen molar-refractivity contribution in [3.63, 3.8) is 0 Å². The fraction of sp³-hybridized carbons (Fsp3) is 0.500. The Labute approximate surface area is 97.7 Å². The van der Waals surface area contributed by atoms with E-state index in [1.54, 1.807) is 13.8 Å². The lowest BCUT2D eigenvalue weighted by molar-refractivity contribution is -0.141. The Kier molecular flexibility index (Phi) is 4.39. The molecule has 1 rings (SSSR count). The van der Waals surface area contributed by atoms with Gasteiger partial charge in [0, 0.05) is 0 Å². The normalized spacial score (nSPS) is 11.4. The van der Waals surface area contributed by atoms with Crippen LogP contribution in [0.15, 0.2) is 10.4 Å². The van der Waals surface area contributed by atoms with Crippen LogP contribution >= 0.6 is 11.3 Å². The number of carbonyl (C=O) groups excluding carboxylic acids is 1. The first-order chi connectivity index (χ1) is 7.45. The maximum absolute atomic E-state index is 11.6. The number of esters is 1. The van der Waals surface area contributed by atoms with Gasteiger partial charge in [-0.3, -0.25) is 4.79 Å². The molecule has 0 spiro atoms. The fourth-order valence-electron chi connectivity index (χ4n) is 0.903. The summed E-state index contributed by atoms with van der Waals surface area (Å²) in [6, 6.07) is 0. The molecule has 0 fully saturated rings. The molecule has 6 nitrogen and oxygen atoms in total. The van der Waals surface area contributed by atoms with Gasteiger partial charge in [-0.25, -0.2) is 13.4 Å². The maximum atomic E-state index is 11.6. The first-order valence-corrected chi connectivity index (χ1v) is 6.83. The zero-order chi connectivity index (χ0) is 12.2. The monoisotopic (exact) mass is 264 g/mol. The zero-order valence-corrected chi connectivity index (χ0v) is 10.5. The highest BCUT2D eigenvalue weighted by Gasteiger charge is 2.18. The molecule has 0 unspecified atom stereocenters. The van der Waals surface area contributed by atoms with Crippen LogP contribution in [0.1, 0.15) is 11.9 Å². The number of hydrogen-bond donors (Lipinski definition) is 1. The van der Waals surface area contributed by atoms with E-state index in [0.29, 0.717) is 5.01 Å². The second-order valence-electron chi connectivity index (χ2n) is 2.83. The van der Waals surface area contributed by atoms with Crippen LogP contribution in [0, 0.1) is 6.92 Å². The van der Waals surface area contributed by atoms with Crippen LogP contribution in [0.25, 0.3) is 0 Å². The topological polar surface area (TPSA) is 85.4 Å². The molecule has 8 heteroatoms. The molecule has 90 valence electrons. The van der Waals surface area contributed by atoms with E-state index in [0.717, 1.165) is 11.3 Å². The van der Waals surface area contributed by atoms with Crippen molar-refractivity contribution >= 4 is 27.3 Å². The lowest BCUT2D eigenvalue weighted by atomic mass is 10.7. The van der Waals surface area contributed by atoms with Crippen LogP contribution in [-0.2, 0) is 19.6 Å². The average molecular weight is 264 g/mol. The van der Waals surface area contributed by atoms with Crippen molar-refractivity contribution in [2.75, 3.05) is 13.2 Å². The molecule has 0 aliphatic carbocycles. The number of rotatable bonds is 5. The van der Waals surface area contributed by atoms with Crippen LogP contribution in [-0.4, -0.2) is 32.5 Å². The van der Waals surface area contributed by atoms with Gasteiger partial charge in [-0.05, 0) is 13.8 Å². The molecule has 0 saturated heterocycles. The minimum Gasteiger partial charge on any atom is -0.465 e. The summed E-state index contributed by atoms with van der Waals surface area (Å²) in [5.74, 6) is -0.604. The molecule has 16 heavy (non-hydrogen) atoms. The lowest BCUT2D eigenvalue weighted by Gasteiger charge is -2.03. The molecule has 1 heterocycles. The summed E-state index contributed by atoms with van der Waals surface area (Å²) >= 11 is 1.05. The van der Waals surface area contributed by atoms with Crippen LogP contribution < -0.4 is 4.72 Å². The predicted octanol–water partition coefficient (Wildman–Crippen LogP) is 0.293. The minimum absolute atomic E-state index is 0.0919. The van der Waals surface area contributed by atoms with Gasteiger partial charge in [-0.2, -0.15) is 4.72 Å². The van der Waals surface area contributed by atoms with Crippen molar-refractivity contribution in [3.8, 4) is 0 Å². The van der Waals surface area contributed by atoms with Crippen molar-refractivity contribution in [1.82, 2.24) is 9.71 Å². The zero-order valence-electron chi connectivity index (χ0n) is 8.89. The Morgan fingerprint density at radius 3 is 2.81 bits per heavy atom. The van der Waals surface area contributed by atoms with E-state index in [9.17, 15) is 13.2 Å². The van der Waals surface area contributed by atoms with Crippen molar-refractivity contribution in [2.24, 2.45) is 0 Å². The van der Waals surface area contributed by atoms with Crippen molar-refractivity contribution in [3.05, 3.63) is 11.2 Å². The average Bonchev–Trinajstić information content (AvgIpc) is 2.63. The molecule has 0 atom stereocenters. The first kappa shape index (κ1) is 13.1. The van der Waals surface area contributed by atoms with Gasteiger partial charge in [-0.15, -0.1) is 11.3 Å². The van der Waals surface area contributed by atoms with Crippen molar-refractivity contribution < 1.29 is 17.9 Å². The molecule has 0 aliphatic rings. The number of ether oxygens (including phenoxy) is 1. The highest BCUT2D eigenvalue weighted by Crippen LogP contribution is 2.16. The van der Waals surface area contributed by atoms with E-state index in [4.69, 9.17) is 0 Å². The Bertz CT molecular complexity index is 466. The first-order valence-electron chi connectivity index (χ1n) is 4.53. The third-order valence-electron chi connectivity index (χ3n) is 1.58. The lowest BCUT2D eigenvalue weighted by Crippen LogP contribution is -2.30. The summed E-state index contributed by atoms with van der Waals surface area (Å²) in [5.41, 5.74) is 0. The number of thiazole rings is 1. The van der Waals surface area contributed by atoms with Gasteiger partial charge in [-0.1, -0.05) is 0 Å². The van der Waals surface area contributed by atoms with Crippen LogP contribution in [0.4, 0.5) is 0 Å². The maximum Gasteiger partial charge on any atom is 0.321 e. The largest absolute Gasteiger partial charge is 0.465 e. The van der Waals surface area contributed by atoms with Gasteiger partial charge >= 0.3 is 5.97 Å². The minimum atomic E-state index is -3.65. The molecule has 1 aromatic heterocycles. The number of sulfonamides is 1. The number of nitrogens with zero attached hydrogens (tertiary/aromatic N) is 1. The van der Waals surface area contributed by atoms with Gasteiger partial charge in [0.1, 0.15) is 6.54 Å². The molecule has 0 amide bonds. The summed E-state index contributed by atoms with van der Waals surface area (Å²) in [6.07, 6.45) is 1.26. The summed E-state index contributed by atoms with van der Waals surface area (Å²) in [7, 11) is -3.65. The second kappa shape index (κ2) is 5.37. The number of aromatic nitrogens is 1. The second-order valence-corrected chi connectivity index (χ2v) is 6.06. The summed E-state index contributed by atoms with van der Waals surface area (Å²) < 4.78 is 30.0. The van der Waals surface area contributed by atoms with Gasteiger partial charge in [0.2, 0.25) is 0 Å². The molecule has 0 aromatic carbocycles. The molecule has 0 bridgehead atoms. The van der Waals surface area contributed by atoms with E-state index in [1.807, 2.05) is 0 Å². The molecule has 0 radical (unpaired) electrons. The van der Waals surface area contributed by atoms with E-state index in [-0.39, 0.29) is 17.4 Å². The quantitative estimate of drug-likeness (QED) is 0.773. The smallest absolute Gasteiger partial charge is 0.321 e. The van der Waals surface area contributed by atoms with E-state index in [1.165, 1.54) is 6.20 Å². The SMILES string of the molecule is CCOC(=O)CNS(=O)(=O)c1cnc(C)s1. The van der Waals surface area contributed by atoms with Gasteiger partial charge in [0.15, 0.2) is 4.21 Å². The van der Waals surface area contributed by atoms with Crippen molar-refractivity contribution in [2.45, 2.75) is 18.1 Å². The van der Waals surface area contributed by atoms with E-state index >= 15 is 0 Å². The Morgan fingerprint density at radius 2 is 2.31 bits per heavy atom. The van der Waals surface area contributed by atoms with Crippen LogP contribution in [0.5, 0.6) is 0 Å². The molecule has 0 aliphatic heterocycles. The van der Waals surface area contributed by atoms with Gasteiger partial charge < -0.3 is 4.74 Å². The van der Waals surface area contributed by atoms with Crippen molar-refractivity contribution in [1.29, 1.82) is 0 Å². The molecule has 1 N–H and O–H groups in total. The Morgan fingerprint density at radius 1 is 1.62 bits per heavy atom. The number of nitrogens with one attached hydrogen (secondary N) is 1. The highest BCUT2D eigenvalue weighted by atomic mass is 32.2. The Hall–Kier alpha value is -0.990. The van der Waals surface area contributed by atoms with Crippen LogP contribution in [0.2, 0.25) is 0 Å². The number of aryl methyl sites for hydroxylation is 1. The Balaban J connectivity index is 2.63. The molecule has 1 aromatic rings. The number of hydrogen-bond acceptors (Lipinski definition) is 6. The van der Waals surface area contributed by atoms with Gasteiger partial charge in [0.05, 0.1) is 17.8 Å². The third-order valence-corrected chi connectivity index (χ3v) is 4.35. The highest BCUT2D eigenvalue weighted by molar-refractivity contribution is 7.91. The third kappa shape index (κ3) is 3.54. The molecular weight excluding hydrogens is 252 g/mol. The van der Waals surface area contributed by atoms with E-state index in [2.05, 4.69) is 14.4 Å². The fourth-order valence-corrected chi connectivity index (χ4v) is 3.02. The summed E-state index contributed by atoms with van der Waals surface area (Å²) in [6.45, 7) is 3.21. The molecular formula is C8H12N2O4S2. The molecule has 0 saturated carbocycles. The predicted molar refractivity (Wildman–Crippen MR) is 58.7 cm³/mol. The standard InChI is InChI=1S/C8H12N2O4S2/c1-3-14-7(11)4-10-16(12,13)8-5-9-6(2)15-8/h5,10H,3-4H2,1-2H3.